The molecule has 1 aromatic heterocycles. The Morgan fingerprint density at radius 1 is 0.800 bits per heavy atom. The van der Waals surface area contributed by atoms with Gasteiger partial charge in [-0.3, -0.25) is 0 Å². The normalized spacial score (nSPS) is 11.2. The van der Waals surface area contributed by atoms with Gasteiger partial charge >= 0.3 is 0 Å². The topological polar surface area (TPSA) is 25.4 Å². The van der Waals surface area contributed by atoms with Crippen molar-refractivity contribution in [2.75, 3.05) is 26.2 Å². The second kappa shape index (κ2) is 12.5. The molecule has 0 unspecified atom stereocenters. The lowest BCUT2D eigenvalue weighted by atomic mass is 10.1. The molecule has 0 aliphatic heterocycles. The molecule has 4 heteroatoms. The molecule has 3 aromatic rings. The average molecular weight is 423 g/mol. The van der Waals surface area contributed by atoms with Gasteiger partial charge in [-0.1, -0.05) is 57.0 Å². The highest BCUT2D eigenvalue weighted by Gasteiger charge is 2.07. The molecule has 0 atom stereocenters. The first-order valence-corrected chi connectivity index (χ1v) is 12.1. The van der Waals surface area contributed by atoms with Gasteiger partial charge in [0.05, 0.1) is 12.3 Å². The van der Waals surface area contributed by atoms with Crippen molar-refractivity contribution in [1.82, 2.24) is 9.88 Å². The van der Waals surface area contributed by atoms with Gasteiger partial charge in [0.1, 0.15) is 10.8 Å². The van der Waals surface area contributed by atoms with Crippen LogP contribution < -0.4 is 4.74 Å². The summed E-state index contributed by atoms with van der Waals surface area (Å²) in [5.74, 6) is 0.936. The zero-order valence-electron chi connectivity index (χ0n) is 18.3. The maximum atomic E-state index is 5.99. The number of aromatic nitrogens is 1. The van der Waals surface area contributed by atoms with Crippen LogP contribution in [0.2, 0.25) is 0 Å². The van der Waals surface area contributed by atoms with Crippen LogP contribution in [0, 0.1) is 0 Å². The monoisotopic (exact) mass is 422 g/mol. The summed E-state index contributed by atoms with van der Waals surface area (Å²) >= 11 is 1.69. The highest BCUT2D eigenvalue weighted by molar-refractivity contribution is 7.13. The second-order valence-electron chi connectivity index (χ2n) is 7.68. The van der Waals surface area contributed by atoms with Gasteiger partial charge in [-0.05, 0) is 56.6 Å². The minimum atomic E-state index is 0.767. The number of thiazole rings is 1. The standard InChI is InChI=1S/C26H34N2OS/c1-3-5-17-28(18-6-4-2)19-10-20-29-24-15-13-22(14-16-24)25-21-30-26(27-25)23-11-8-7-9-12-23/h7-9,11-16,21H,3-6,10,17-20H2,1-2H3. The Morgan fingerprint density at radius 3 is 2.13 bits per heavy atom. The highest BCUT2D eigenvalue weighted by Crippen LogP contribution is 2.29. The Labute approximate surface area is 185 Å². The first kappa shape index (κ1) is 22.5. The van der Waals surface area contributed by atoms with Gasteiger partial charge in [0.15, 0.2) is 0 Å². The molecule has 3 nitrogen and oxygen atoms in total. The highest BCUT2D eigenvalue weighted by atomic mass is 32.1. The summed E-state index contributed by atoms with van der Waals surface area (Å²) in [6.45, 7) is 8.84. The fraction of sp³-hybridized carbons (Fsp3) is 0.423. The Kier molecular flexibility index (Phi) is 9.39. The van der Waals surface area contributed by atoms with E-state index in [1.165, 1.54) is 44.3 Å². The molecule has 0 spiro atoms. The number of nitrogens with zero attached hydrogens (tertiary/aromatic N) is 2. The SMILES string of the molecule is CCCCN(CCCC)CCCOc1ccc(-c2csc(-c3ccccc3)n2)cc1. The molecule has 160 valence electrons. The molecule has 0 amide bonds. The van der Waals surface area contributed by atoms with E-state index in [-0.39, 0.29) is 0 Å². The molecule has 1 heterocycles. The van der Waals surface area contributed by atoms with Crippen LogP contribution >= 0.6 is 11.3 Å². The fourth-order valence-corrected chi connectivity index (χ4v) is 4.25. The Balaban J connectivity index is 1.47. The summed E-state index contributed by atoms with van der Waals surface area (Å²) in [5.41, 5.74) is 3.32. The summed E-state index contributed by atoms with van der Waals surface area (Å²) < 4.78 is 5.99. The van der Waals surface area contributed by atoms with Crippen LogP contribution in [0.25, 0.3) is 21.8 Å². The summed E-state index contributed by atoms with van der Waals surface area (Å²) in [5, 5.41) is 3.18. The zero-order valence-corrected chi connectivity index (χ0v) is 19.2. The van der Waals surface area contributed by atoms with Gasteiger partial charge in [-0.2, -0.15) is 0 Å². The van der Waals surface area contributed by atoms with Crippen molar-refractivity contribution in [2.24, 2.45) is 0 Å². The number of ether oxygens (including phenoxy) is 1. The predicted molar refractivity (Wildman–Crippen MR) is 129 cm³/mol. The lowest BCUT2D eigenvalue weighted by Gasteiger charge is -2.21. The lowest BCUT2D eigenvalue weighted by molar-refractivity contribution is 0.229. The van der Waals surface area contributed by atoms with E-state index in [1.807, 2.05) is 6.07 Å². The van der Waals surface area contributed by atoms with Crippen LogP contribution in [0.15, 0.2) is 60.0 Å². The van der Waals surface area contributed by atoms with Crippen molar-refractivity contribution >= 4 is 11.3 Å². The number of rotatable bonds is 13. The van der Waals surface area contributed by atoms with Crippen molar-refractivity contribution < 1.29 is 4.74 Å². The fourth-order valence-electron chi connectivity index (χ4n) is 3.42. The molecule has 0 radical (unpaired) electrons. The van der Waals surface area contributed by atoms with Crippen molar-refractivity contribution in [1.29, 1.82) is 0 Å². The van der Waals surface area contributed by atoms with Crippen LogP contribution in [0.5, 0.6) is 5.75 Å². The van der Waals surface area contributed by atoms with E-state index < -0.39 is 0 Å². The van der Waals surface area contributed by atoms with Gasteiger partial charge in [0.2, 0.25) is 0 Å². The minimum Gasteiger partial charge on any atom is -0.494 e. The molecule has 0 fully saturated rings. The van der Waals surface area contributed by atoms with Gasteiger partial charge in [0.25, 0.3) is 0 Å². The van der Waals surface area contributed by atoms with E-state index in [2.05, 4.69) is 72.7 Å². The van der Waals surface area contributed by atoms with E-state index in [9.17, 15) is 0 Å². The Hall–Kier alpha value is -2.17. The number of unbranched alkanes of at least 4 members (excludes halogenated alkanes) is 2. The van der Waals surface area contributed by atoms with Crippen molar-refractivity contribution in [3.63, 3.8) is 0 Å². The zero-order chi connectivity index (χ0) is 21.0. The molecule has 0 N–H and O–H groups in total. The molecular formula is C26H34N2OS. The van der Waals surface area contributed by atoms with E-state index in [0.717, 1.165) is 41.6 Å². The maximum absolute atomic E-state index is 5.99. The summed E-state index contributed by atoms with van der Waals surface area (Å²) in [6.07, 6.45) is 6.17. The van der Waals surface area contributed by atoms with Crippen LogP contribution in [-0.4, -0.2) is 36.1 Å². The van der Waals surface area contributed by atoms with E-state index in [4.69, 9.17) is 9.72 Å². The molecule has 0 saturated carbocycles. The summed E-state index contributed by atoms with van der Waals surface area (Å²) in [7, 11) is 0. The van der Waals surface area contributed by atoms with Crippen LogP contribution in [-0.2, 0) is 0 Å². The largest absolute Gasteiger partial charge is 0.494 e. The smallest absolute Gasteiger partial charge is 0.124 e. The molecule has 0 aliphatic rings. The number of benzene rings is 2. The second-order valence-corrected chi connectivity index (χ2v) is 8.54. The molecular weight excluding hydrogens is 388 g/mol. The Morgan fingerprint density at radius 2 is 1.47 bits per heavy atom. The van der Waals surface area contributed by atoms with Gasteiger partial charge < -0.3 is 9.64 Å². The van der Waals surface area contributed by atoms with Crippen LogP contribution in [0.3, 0.4) is 0 Å². The van der Waals surface area contributed by atoms with Crippen molar-refractivity contribution in [3.05, 3.63) is 60.0 Å². The quantitative estimate of drug-likeness (QED) is 0.274. The van der Waals surface area contributed by atoms with Crippen LogP contribution in [0.4, 0.5) is 0 Å². The molecule has 0 bridgehead atoms. The number of hydrogen-bond donors (Lipinski definition) is 0. The van der Waals surface area contributed by atoms with Crippen molar-refractivity contribution in [2.45, 2.75) is 46.0 Å². The molecule has 3 rings (SSSR count). The van der Waals surface area contributed by atoms with Crippen molar-refractivity contribution in [3.8, 4) is 27.6 Å². The van der Waals surface area contributed by atoms with Gasteiger partial charge in [0, 0.05) is 23.1 Å². The Bertz CT molecular complexity index is 837. The summed E-state index contributed by atoms with van der Waals surface area (Å²) in [4.78, 5) is 7.39. The lowest BCUT2D eigenvalue weighted by Crippen LogP contribution is -2.28. The maximum Gasteiger partial charge on any atom is 0.124 e. The first-order valence-electron chi connectivity index (χ1n) is 11.3. The van der Waals surface area contributed by atoms with E-state index in [1.54, 1.807) is 11.3 Å². The molecule has 2 aromatic carbocycles. The third kappa shape index (κ3) is 6.96. The van der Waals surface area contributed by atoms with E-state index in [0.29, 0.717) is 0 Å². The third-order valence-electron chi connectivity index (χ3n) is 5.22. The first-order chi connectivity index (χ1) is 14.8. The molecule has 0 saturated heterocycles. The predicted octanol–water partition coefficient (Wildman–Crippen LogP) is 7.15. The minimum absolute atomic E-state index is 0.767. The van der Waals surface area contributed by atoms with Gasteiger partial charge in [-0.25, -0.2) is 4.98 Å². The van der Waals surface area contributed by atoms with E-state index >= 15 is 0 Å². The molecule has 30 heavy (non-hydrogen) atoms. The summed E-state index contributed by atoms with van der Waals surface area (Å²) in [6, 6.07) is 18.7. The average Bonchev–Trinajstić information content (AvgIpc) is 3.29. The van der Waals surface area contributed by atoms with Gasteiger partial charge in [-0.15, -0.1) is 11.3 Å². The number of hydrogen-bond acceptors (Lipinski definition) is 4. The molecule has 0 aliphatic carbocycles. The third-order valence-corrected chi connectivity index (χ3v) is 6.11. The van der Waals surface area contributed by atoms with Crippen LogP contribution in [0.1, 0.15) is 46.0 Å².